The molecule has 1 aliphatic rings. The summed E-state index contributed by atoms with van der Waals surface area (Å²) in [6.45, 7) is 15.3. The molecule has 0 spiro atoms. The lowest BCUT2D eigenvalue weighted by Crippen LogP contribution is -2.53. The summed E-state index contributed by atoms with van der Waals surface area (Å²) >= 11 is 0. The second kappa shape index (κ2) is 5.84. The molecule has 1 saturated carbocycles. The molecule has 0 aromatic rings. The summed E-state index contributed by atoms with van der Waals surface area (Å²) in [4.78, 5) is 0. The molecule has 0 radical (unpaired) electrons. The van der Waals surface area contributed by atoms with Crippen molar-refractivity contribution in [3.05, 3.63) is 0 Å². The van der Waals surface area contributed by atoms with Crippen molar-refractivity contribution >= 4 is 8.32 Å². The molecular formula is C15H32O3Si. The third-order valence-electron chi connectivity index (χ3n) is 4.85. The van der Waals surface area contributed by atoms with E-state index in [0.717, 1.165) is 0 Å². The summed E-state index contributed by atoms with van der Waals surface area (Å²) in [5.41, 5.74) is 0.604. The van der Waals surface area contributed by atoms with E-state index in [0.29, 0.717) is 29.5 Å². The van der Waals surface area contributed by atoms with E-state index >= 15 is 0 Å². The van der Waals surface area contributed by atoms with Gasteiger partial charge in [0.15, 0.2) is 0 Å². The monoisotopic (exact) mass is 288 g/mol. The Balaban J connectivity index is 2.88. The van der Waals surface area contributed by atoms with Crippen LogP contribution in [0.5, 0.6) is 0 Å². The summed E-state index contributed by atoms with van der Waals surface area (Å²) in [6, 6.07) is 0. The second-order valence-electron chi connectivity index (χ2n) is 7.19. The van der Waals surface area contributed by atoms with E-state index in [9.17, 15) is 10.2 Å². The van der Waals surface area contributed by atoms with Gasteiger partial charge in [-0.1, -0.05) is 41.5 Å². The van der Waals surface area contributed by atoms with Crippen LogP contribution in [0.2, 0.25) is 16.6 Å². The number of hydrogen-bond acceptors (Lipinski definition) is 3. The van der Waals surface area contributed by atoms with Crippen LogP contribution >= 0.6 is 0 Å². The fourth-order valence-corrected chi connectivity index (χ4v) is 9.24. The minimum absolute atomic E-state index is 0.286. The quantitative estimate of drug-likeness (QED) is 0.705. The van der Waals surface area contributed by atoms with E-state index in [4.69, 9.17) is 4.43 Å². The molecule has 4 heteroatoms. The van der Waals surface area contributed by atoms with Gasteiger partial charge in [-0.05, 0) is 36.4 Å². The summed E-state index contributed by atoms with van der Waals surface area (Å²) in [5, 5.41) is 20.3. The Labute approximate surface area is 119 Å². The average Bonchev–Trinajstić information content (AvgIpc) is 3.02. The van der Waals surface area contributed by atoms with E-state index in [-0.39, 0.29) is 6.10 Å². The first-order chi connectivity index (χ1) is 8.58. The Bertz CT molecular complexity index is 276. The topological polar surface area (TPSA) is 49.7 Å². The molecule has 0 bridgehead atoms. The van der Waals surface area contributed by atoms with Crippen molar-refractivity contribution in [3.63, 3.8) is 0 Å². The number of hydrogen-bond donors (Lipinski definition) is 2. The molecule has 2 N–H and O–H groups in total. The number of aliphatic hydroxyl groups excluding tert-OH is 1. The van der Waals surface area contributed by atoms with Crippen LogP contribution in [-0.4, -0.2) is 36.3 Å². The lowest BCUT2D eigenvalue weighted by molar-refractivity contribution is -0.0622. The highest BCUT2D eigenvalue weighted by Gasteiger charge is 2.53. The van der Waals surface area contributed by atoms with Crippen LogP contribution in [0.25, 0.3) is 0 Å². The lowest BCUT2D eigenvalue weighted by Gasteiger charge is -2.45. The fraction of sp³-hybridized carbons (Fsp3) is 1.00. The molecular weight excluding hydrogens is 256 g/mol. The summed E-state index contributed by atoms with van der Waals surface area (Å²) in [7, 11) is -1.98. The van der Waals surface area contributed by atoms with Gasteiger partial charge in [0.25, 0.3) is 0 Å². The number of aliphatic hydroxyl groups is 2. The Morgan fingerprint density at radius 2 is 1.26 bits per heavy atom. The van der Waals surface area contributed by atoms with Gasteiger partial charge in [0.2, 0.25) is 8.32 Å². The first-order valence-electron chi connectivity index (χ1n) is 7.66. The van der Waals surface area contributed by atoms with Gasteiger partial charge < -0.3 is 14.6 Å². The molecule has 0 aliphatic heterocycles. The fourth-order valence-electron chi connectivity index (χ4n) is 3.66. The van der Waals surface area contributed by atoms with Crippen LogP contribution in [0.15, 0.2) is 0 Å². The van der Waals surface area contributed by atoms with Crippen LogP contribution in [-0.2, 0) is 4.43 Å². The van der Waals surface area contributed by atoms with Crippen molar-refractivity contribution in [1.29, 1.82) is 0 Å². The average molecular weight is 289 g/mol. The van der Waals surface area contributed by atoms with Gasteiger partial charge in [-0.25, -0.2) is 0 Å². The normalized spacial score (nSPS) is 22.1. The summed E-state index contributed by atoms with van der Waals surface area (Å²) < 4.78 is 6.48. The third kappa shape index (κ3) is 3.23. The molecule has 2 atom stereocenters. The first-order valence-corrected chi connectivity index (χ1v) is 9.80. The molecule has 3 nitrogen and oxygen atoms in total. The zero-order valence-corrected chi connectivity index (χ0v) is 14.6. The minimum atomic E-state index is -1.98. The SMILES string of the molecule is CC(C)[Si](O[C@H](C)[C@H](O)C1(O)CC1)(C(C)C)C(C)C. The maximum absolute atomic E-state index is 10.3. The van der Waals surface area contributed by atoms with Crippen LogP contribution in [0.3, 0.4) is 0 Å². The van der Waals surface area contributed by atoms with E-state index < -0.39 is 20.0 Å². The maximum atomic E-state index is 10.3. The molecule has 19 heavy (non-hydrogen) atoms. The van der Waals surface area contributed by atoms with Gasteiger partial charge in [0.1, 0.15) is 6.10 Å². The van der Waals surface area contributed by atoms with E-state index in [1.54, 1.807) is 0 Å². The van der Waals surface area contributed by atoms with Crippen LogP contribution < -0.4 is 0 Å². The molecule has 0 saturated heterocycles. The van der Waals surface area contributed by atoms with Crippen molar-refractivity contribution in [2.24, 2.45) is 0 Å². The van der Waals surface area contributed by atoms with Gasteiger partial charge in [-0.15, -0.1) is 0 Å². The molecule has 114 valence electrons. The Morgan fingerprint density at radius 3 is 1.53 bits per heavy atom. The zero-order valence-electron chi connectivity index (χ0n) is 13.6. The van der Waals surface area contributed by atoms with Crippen molar-refractivity contribution in [2.75, 3.05) is 0 Å². The predicted octanol–water partition coefficient (Wildman–Crippen LogP) is 3.45. The van der Waals surface area contributed by atoms with Crippen molar-refractivity contribution in [3.8, 4) is 0 Å². The Morgan fingerprint density at radius 1 is 0.895 bits per heavy atom. The predicted molar refractivity (Wildman–Crippen MR) is 81.8 cm³/mol. The van der Waals surface area contributed by atoms with Gasteiger partial charge in [-0.3, -0.25) is 0 Å². The molecule has 0 heterocycles. The van der Waals surface area contributed by atoms with Gasteiger partial charge in [-0.2, -0.15) is 0 Å². The van der Waals surface area contributed by atoms with Gasteiger partial charge >= 0.3 is 0 Å². The summed E-state index contributed by atoms with van der Waals surface area (Å²) in [5.74, 6) is 0. The van der Waals surface area contributed by atoms with Crippen LogP contribution in [0.1, 0.15) is 61.3 Å². The zero-order chi connectivity index (χ0) is 15.0. The highest BCUT2D eigenvalue weighted by molar-refractivity contribution is 6.77. The maximum Gasteiger partial charge on any atom is 0.200 e. The van der Waals surface area contributed by atoms with E-state index in [1.165, 1.54) is 0 Å². The molecule has 1 fully saturated rings. The smallest absolute Gasteiger partial charge is 0.200 e. The minimum Gasteiger partial charge on any atom is -0.411 e. The van der Waals surface area contributed by atoms with Crippen molar-refractivity contribution < 1.29 is 14.6 Å². The molecule has 0 aromatic heterocycles. The van der Waals surface area contributed by atoms with Gasteiger partial charge in [0.05, 0.1) is 11.7 Å². The van der Waals surface area contributed by atoms with E-state index in [1.807, 2.05) is 6.92 Å². The van der Waals surface area contributed by atoms with E-state index in [2.05, 4.69) is 41.5 Å². The molecule has 1 rings (SSSR count). The first kappa shape index (κ1) is 17.1. The molecule has 0 aromatic carbocycles. The van der Waals surface area contributed by atoms with Crippen LogP contribution in [0, 0.1) is 0 Å². The number of rotatable bonds is 7. The highest BCUT2D eigenvalue weighted by Crippen LogP contribution is 2.45. The molecule has 0 amide bonds. The largest absolute Gasteiger partial charge is 0.411 e. The van der Waals surface area contributed by atoms with Crippen molar-refractivity contribution in [1.82, 2.24) is 0 Å². The van der Waals surface area contributed by atoms with Crippen molar-refractivity contribution in [2.45, 2.75) is 95.7 Å². The third-order valence-corrected chi connectivity index (χ3v) is 11.0. The standard InChI is InChI=1S/C15H32O3Si/c1-10(2)19(11(3)4,12(5)6)18-13(7)14(16)15(17)8-9-15/h10-14,16-17H,8-9H2,1-7H3/t13-,14+/m1/s1. The van der Waals surface area contributed by atoms with Crippen LogP contribution in [0.4, 0.5) is 0 Å². The molecule has 1 aliphatic carbocycles. The highest BCUT2D eigenvalue weighted by atomic mass is 28.4. The van der Waals surface area contributed by atoms with Gasteiger partial charge in [0, 0.05) is 0 Å². The lowest BCUT2D eigenvalue weighted by atomic mass is 10.1. The second-order valence-corrected chi connectivity index (χ2v) is 12.6. The Kier molecular flexibility index (Phi) is 5.27. The Hall–Kier alpha value is 0.0969. The summed E-state index contributed by atoms with van der Waals surface area (Å²) in [6.07, 6.45) is 0.352. The molecule has 0 unspecified atom stereocenters.